The normalized spacial score (nSPS) is 20.4. The van der Waals surface area contributed by atoms with E-state index in [-0.39, 0.29) is 11.5 Å². The minimum atomic E-state index is -0.0593. The summed E-state index contributed by atoms with van der Waals surface area (Å²) in [6.45, 7) is 10.5. The van der Waals surface area contributed by atoms with E-state index in [1.165, 1.54) is 0 Å². The van der Waals surface area contributed by atoms with Gasteiger partial charge in [-0.25, -0.2) is 9.97 Å². The number of rotatable bonds is 4. The van der Waals surface area contributed by atoms with E-state index in [1.54, 1.807) is 12.7 Å². The number of H-pyrrole nitrogens is 1. The van der Waals surface area contributed by atoms with Gasteiger partial charge in [-0.2, -0.15) is 10.2 Å². The highest BCUT2D eigenvalue weighted by Gasteiger charge is 2.27. The molecule has 8 heteroatoms. The van der Waals surface area contributed by atoms with Gasteiger partial charge in [0.05, 0.1) is 13.2 Å². The fraction of sp³-hybridized carbons (Fsp3) is 0.714. The SMILES string of the molecule is CC(C)(C)c1n[nH]c([C@@H]2CN(CCn3cncn3)CCO2)n1. The minimum absolute atomic E-state index is 0.0481. The molecule has 1 N–H and O–H groups in total. The Morgan fingerprint density at radius 3 is 2.91 bits per heavy atom. The van der Waals surface area contributed by atoms with E-state index >= 15 is 0 Å². The van der Waals surface area contributed by atoms with Crippen molar-refractivity contribution in [2.75, 3.05) is 26.2 Å². The van der Waals surface area contributed by atoms with E-state index in [9.17, 15) is 0 Å². The maximum Gasteiger partial charge on any atom is 0.156 e. The first-order chi connectivity index (χ1) is 10.5. The molecule has 8 nitrogen and oxygen atoms in total. The summed E-state index contributed by atoms with van der Waals surface area (Å²) in [6.07, 6.45) is 3.25. The molecule has 2 aromatic heterocycles. The van der Waals surface area contributed by atoms with Crippen molar-refractivity contribution in [3.63, 3.8) is 0 Å². The molecule has 0 spiro atoms. The van der Waals surface area contributed by atoms with E-state index in [0.29, 0.717) is 6.61 Å². The zero-order valence-corrected chi connectivity index (χ0v) is 13.4. The monoisotopic (exact) mass is 305 g/mol. The zero-order chi connectivity index (χ0) is 15.6. The molecule has 0 aliphatic carbocycles. The van der Waals surface area contributed by atoms with Gasteiger partial charge < -0.3 is 4.74 Å². The van der Waals surface area contributed by atoms with Gasteiger partial charge >= 0.3 is 0 Å². The summed E-state index contributed by atoms with van der Waals surface area (Å²) in [5, 5.41) is 11.5. The van der Waals surface area contributed by atoms with Gasteiger partial charge in [0.2, 0.25) is 0 Å². The Balaban J connectivity index is 1.59. The molecule has 3 rings (SSSR count). The van der Waals surface area contributed by atoms with Gasteiger partial charge in [-0.1, -0.05) is 20.8 Å². The Bertz CT molecular complexity index is 587. The molecular formula is C14H23N7O. The third-order valence-corrected chi connectivity index (χ3v) is 3.74. The standard InChI is InChI=1S/C14H23N7O/c1-14(2,3)13-17-12(18-19-13)11-8-20(6-7-22-11)4-5-21-10-15-9-16-21/h9-11H,4-8H2,1-3H3,(H,17,18,19)/t11-/m0/s1. The lowest BCUT2D eigenvalue weighted by molar-refractivity contribution is -0.0353. The first-order valence-electron chi connectivity index (χ1n) is 7.61. The van der Waals surface area contributed by atoms with Gasteiger partial charge in [-0.15, -0.1) is 0 Å². The van der Waals surface area contributed by atoms with Crippen LogP contribution in [-0.4, -0.2) is 61.1 Å². The summed E-state index contributed by atoms with van der Waals surface area (Å²) in [5.74, 6) is 1.64. The maximum absolute atomic E-state index is 5.85. The molecule has 0 radical (unpaired) electrons. The van der Waals surface area contributed by atoms with Crippen LogP contribution in [0.2, 0.25) is 0 Å². The van der Waals surface area contributed by atoms with Crippen molar-refractivity contribution >= 4 is 0 Å². The van der Waals surface area contributed by atoms with Crippen LogP contribution in [0.25, 0.3) is 0 Å². The van der Waals surface area contributed by atoms with Crippen LogP contribution in [0.1, 0.15) is 38.5 Å². The van der Waals surface area contributed by atoms with Crippen molar-refractivity contribution < 1.29 is 4.74 Å². The Morgan fingerprint density at radius 2 is 2.23 bits per heavy atom. The Labute approximate surface area is 129 Å². The zero-order valence-electron chi connectivity index (χ0n) is 13.4. The van der Waals surface area contributed by atoms with Crippen LogP contribution < -0.4 is 0 Å². The van der Waals surface area contributed by atoms with Crippen LogP contribution in [0.5, 0.6) is 0 Å². The fourth-order valence-electron chi connectivity index (χ4n) is 2.42. The topological polar surface area (TPSA) is 84.8 Å². The van der Waals surface area contributed by atoms with Crippen LogP contribution >= 0.6 is 0 Å². The van der Waals surface area contributed by atoms with Gasteiger partial charge in [-0.3, -0.25) is 14.7 Å². The number of morpholine rings is 1. The van der Waals surface area contributed by atoms with Crippen LogP contribution in [-0.2, 0) is 16.7 Å². The summed E-state index contributed by atoms with van der Waals surface area (Å²) in [4.78, 5) is 10.9. The maximum atomic E-state index is 5.85. The minimum Gasteiger partial charge on any atom is -0.368 e. The highest BCUT2D eigenvalue weighted by Crippen LogP contribution is 2.23. The number of aromatic amines is 1. The molecule has 1 aliphatic rings. The summed E-state index contributed by atoms with van der Waals surface area (Å²) < 4.78 is 7.69. The second-order valence-corrected chi connectivity index (χ2v) is 6.61. The number of hydrogen-bond donors (Lipinski definition) is 1. The lowest BCUT2D eigenvalue weighted by Crippen LogP contribution is -2.40. The number of hydrogen-bond acceptors (Lipinski definition) is 6. The van der Waals surface area contributed by atoms with Crippen molar-refractivity contribution in [2.45, 2.75) is 38.8 Å². The average molecular weight is 305 g/mol. The first-order valence-corrected chi connectivity index (χ1v) is 7.61. The third-order valence-electron chi connectivity index (χ3n) is 3.74. The van der Waals surface area contributed by atoms with Crippen molar-refractivity contribution in [1.82, 2.24) is 34.8 Å². The summed E-state index contributed by atoms with van der Waals surface area (Å²) in [6, 6.07) is 0. The van der Waals surface area contributed by atoms with Gasteiger partial charge in [0.1, 0.15) is 18.8 Å². The van der Waals surface area contributed by atoms with Gasteiger partial charge in [0, 0.05) is 25.0 Å². The Hall–Kier alpha value is -1.80. The largest absolute Gasteiger partial charge is 0.368 e. The fourth-order valence-corrected chi connectivity index (χ4v) is 2.42. The lowest BCUT2D eigenvalue weighted by Gasteiger charge is -2.31. The third kappa shape index (κ3) is 3.50. The van der Waals surface area contributed by atoms with Crippen molar-refractivity contribution in [1.29, 1.82) is 0 Å². The van der Waals surface area contributed by atoms with Gasteiger partial charge in [-0.05, 0) is 0 Å². The quantitative estimate of drug-likeness (QED) is 0.898. The lowest BCUT2D eigenvalue weighted by atomic mass is 9.96. The molecule has 22 heavy (non-hydrogen) atoms. The molecule has 0 bridgehead atoms. The number of nitrogens with zero attached hydrogens (tertiary/aromatic N) is 6. The van der Waals surface area contributed by atoms with Crippen LogP contribution in [0, 0.1) is 0 Å². The second kappa shape index (κ2) is 6.13. The van der Waals surface area contributed by atoms with Crippen LogP contribution in [0.15, 0.2) is 12.7 Å². The van der Waals surface area contributed by atoms with E-state index in [2.05, 4.69) is 50.9 Å². The van der Waals surface area contributed by atoms with Gasteiger partial charge in [0.25, 0.3) is 0 Å². The van der Waals surface area contributed by atoms with Crippen molar-refractivity contribution in [2.24, 2.45) is 0 Å². The summed E-state index contributed by atoms with van der Waals surface area (Å²) in [7, 11) is 0. The first kappa shape index (κ1) is 15.1. The van der Waals surface area contributed by atoms with E-state index in [0.717, 1.165) is 37.8 Å². The predicted octanol–water partition coefficient (Wildman–Crippen LogP) is 0.767. The smallest absolute Gasteiger partial charge is 0.156 e. The number of ether oxygens (including phenoxy) is 1. The molecule has 0 unspecified atom stereocenters. The summed E-state index contributed by atoms with van der Waals surface area (Å²) >= 11 is 0. The highest BCUT2D eigenvalue weighted by molar-refractivity contribution is 5.04. The molecule has 120 valence electrons. The molecular weight excluding hydrogens is 282 g/mol. The van der Waals surface area contributed by atoms with Crippen LogP contribution in [0.3, 0.4) is 0 Å². The molecule has 1 saturated heterocycles. The van der Waals surface area contributed by atoms with Crippen LogP contribution in [0.4, 0.5) is 0 Å². The van der Waals surface area contributed by atoms with Crippen molar-refractivity contribution in [3.8, 4) is 0 Å². The van der Waals surface area contributed by atoms with E-state index in [4.69, 9.17) is 4.74 Å². The molecule has 1 aliphatic heterocycles. The van der Waals surface area contributed by atoms with Gasteiger partial charge in [0.15, 0.2) is 11.6 Å². The molecule has 3 heterocycles. The molecule has 0 saturated carbocycles. The molecule has 2 aromatic rings. The predicted molar refractivity (Wildman–Crippen MR) is 80.2 cm³/mol. The van der Waals surface area contributed by atoms with E-state index < -0.39 is 0 Å². The number of nitrogens with one attached hydrogen (secondary N) is 1. The molecule has 1 atom stereocenters. The average Bonchev–Trinajstić information content (AvgIpc) is 3.16. The molecule has 1 fully saturated rings. The Kier molecular flexibility index (Phi) is 4.21. The summed E-state index contributed by atoms with van der Waals surface area (Å²) in [5.41, 5.74) is -0.0593. The van der Waals surface area contributed by atoms with E-state index in [1.807, 2.05) is 4.68 Å². The molecule has 0 amide bonds. The highest BCUT2D eigenvalue weighted by atomic mass is 16.5. The second-order valence-electron chi connectivity index (χ2n) is 6.61. The molecule has 0 aromatic carbocycles. The van der Waals surface area contributed by atoms with Crippen molar-refractivity contribution in [3.05, 3.63) is 24.3 Å². The number of aromatic nitrogens is 6. The Morgan fingerprint density at radius 1 is 1.36 bits per heavy atom.